The van der Waals surface area contributed by atoms with E-state index in [9.17, 15) is 0 Å². The standard InChI is InChI=1S/C66H48N2O/c1-65(2)55-26-15-12-23-48(55)61-56(65)27-17-28-58(61)67(45-34-30-42(31-35-45)41-18-7-5-8-19-41)46-36-32-43(33-37-46)50-38-53-52-39-51-47-22-11-14-25-54(47)66(3,4)57(51)40-59(52)68(44-20-9-6-10-21-44)63(53)62-49-24-13-16-29-60(49)69-64(50)62/h5-40H,1-4H3. The lowest BCUT2D eigenvalue weighted by molar-refractivity contribution is 0.660. The molecule has 0 bridgehead atoms. The number of anilines is 3. The third-order valence-corrected chi connectivity index (χ3v) is 15.6. The van der Waals surface area contributed by atoms with E-state index in [1.807, 2.05) is 0 Å². The number of aromatic nitrogens is 1. The fraction of sp³-hybridized carbons (Fsp3) is 0.0909. The van der Waals surface area contributed by atoms with E-state index < -0.39 is 0 Å². The van der Waals surface area contributed by atoms with Crippen molar-refractivity contribution in [3.05, 3.63) is 241 Å². The summed E-state index contributed by atoms with van der Waals surface area (Å²) in [6.45, 7) is 9.45. The molecule has 2 aliphatic rings. The second-order valence-electron chi connectivity index (χ2n) is 20.0. The zero-order valence-electron chi connectivity index (χ0n) is 39.1. The summed E-state index contributed by atoms with van der Waals surface area (Å²) in [6.07, 6.45) is 0. The monoisotopic (exact) mass is 884 g/mol. The molecule has 0 amide bonds. The van der Waals surface area contributed by atoms with Crippen LogP contribution < -0.4 is 4.90 Å². The lowest BCUT2D eigenvalue weighted by atomic mass is 9.82. The molecule has 2 heterocycles. The van der Waals surface area contributed by atoms with Crippen LogP contribution in [0, 0.1) is 0 Å². The van der Waals surface area contributed by atoms with E-state index in [2.05, 4.69) is 256 Å². The number of benzene rings is 10. The Balaban J connectivity index is 1.00. The average Bonchev–Trinajstić information content (AvgIpc) is 4.08. The molecule has 2 aliphatic carbocycles. The number of rotatable bonds is 6. The van der Waals surface area contributed by atoms with Crippen LogP contribution in [0.15, 0.2) is 223 Å². The number of para-hydroxylation sites is 2. The van der Waals surface area contributed by atoms with Crippen LogP contribution in [0.25, 0.3) is 93.9 Å². The molecule has 14 rings (SSSR count). The summed E-state index contributed by atoms with van der Waals surface area (Å²) >= 11 is 0. The van der Waals surface area contributed by atoms with Crippen molar-refractivity contribution in [3.63, 3.8) is 0 Å². The average molecular weight is 885 g/mol. The summed E-state index contributed by atoms with van der Waals surface area (Å²) < 4.78 is 9.52. The summed E-state index contributed by atoms with van der Waals surface area (Å²) in [5, 5.41) is 4.68. The van der Waals surface area contributed by atoms with Crippen molar-refractivity contribution in [1.82, 2.24) is 4.57 Å². The Morgan fingerprint density at radius 2 is 0.971 bits per heavy atom. The van der Waals surface area contributed by atoms with Crippen LogP contribution >= 0.6 is 0 Å². The molecule has 12 aromatic rings. The molecule has 0 radical (unpaired) electrons. The van der Waals surface area contributed by atoms with Gasteiger partial charge in [-0.2, -0.15) is 0 Å². The zero-order chi connectivity index (χ0) is 46.2. The van der Waals surface area contributed by atoms with Gasteiger partial charge >= 0.3 is 0 Å². The van der Waals surface area contributed by atoms with Crippen molar-refractivity contribution in [2.24, 2.45) is 0 Å². The number of hydrogen-bond donors (Lipinski definition) is 0. The van der Waals surface area contributed by atoms with E-state index in [4.69, 9.17) is 4.42 Å². The molecule has 0 aliphatic heterocycles. The molecule has 2 aromatic heterocycles. The van der Waals surface area contributed by atoms with Gasteiger partial charge in [0, 0.05) is 55.2 Å². The van der Waals surface area contributed by atoms with Gasteiger partial charge in [-0.15, -0.1) is 0 Å². The molecule has 0 saturated heterocycles. The first-order valence-electron chi connectivity index (χ1n) is 24.2. The molecule has 0 fully saturated rings. The maximum atomic E-state index is 7.04. The van der Waals surface area contributed by atoms with Crippen molar-refractivity contribution in [3.8, 4) is 50.2 Å². The quantitative estimate of drug-likeness (QED) is 0.166. The number of nitrogens with zero attached hydrogens (tertiary/aromatic N) is 2. The largest absolute Gasteiger partial charge is 0.455 e. The van der Waals surface area contributed by atoms with Gasteiger partial charge in [0.05, 0.1) is 22.1 Å². The summed E-state index contributed by atoms with van der Waals surface area (Å²) in [5.41, 5.74) is 23.6. The topological polar surface area (TPSA) is 21.3 Å². The Labute approximate surface area is 402 Å². The van der Waals surface area contributed by atoms with Gasteiger partial charge in [-0.05, 0) is 122 Å². The number of furan rings is 1. The third-order valence-electron chi connectivity index (χ3n) is 15.6. The van der Waals surface area contributed by atoms with Gasteiger partial charge in [0.25, 0.3) is 0 Å². The van der Waals surface area contributed by atoms with Gasteiger partial charge in [-0.3, -0.25) is 0 Å². The highest BCUT2D eigenvalue weighted by Gasteiger charge is 2.39. The Hall–Kier alpha value is -8.40. The van der Waals surface area contributed by atoms with Crippen LogP contribution in [0.5, 0.6) is 0 Å². The van der Waals surface area contributed by atoms with Crippen LogP contribution in [-0.2, 0) is 10.8 Å². The van der Waals surface area contributed by atoms with Crippen molar-refractivity contribution in [1.29, 1.82) is 0 Å². The summed E-state index contributed by atoms with van der Waals surface area (Å²) in [6, 6.07) is 80.3. The maximum Gasteiger partial charge on any atom is 0.145 e. The number of hydrogen-bond acceptors (Lipinski definition) is 2. The van der Waals surface area contributed by atoms with Crippen LogP contribution in [0.4, 0.5) is 17.1 Å². The number of fused-ring (bicyclic) bond motifs is 13. The zero-order valence-corrected chi connectivity index (χ0v) is 39.1. The van der Waals surface area contributed by atoms with Crippen molar-refractivity contribution in [2.45, 2.75) is 38.5 Å². The molecule has 328 valence electrons. The van der Waals surface area contributed by atoms with Gasteiger partial charge in [-0.25, -0.2) is 0 Å². The summed E-state index contributed by atoms with van der Waals surface area (Å²) in [5.74, 6) is 0. The lowest BCUT2D eigenvalue weighted by Crippen LogP contribution is -2.16. The van der Waals surface area contributed by atoms with E-state index in [0.29, 0.717) is 0 Å². The first kappa shape index (κ1) is 39.7. The lowest BCUT2D eigenvalue weighted by Gasteiger charge is -2.29. The van der Waals surface area contributed by atoms with Gasteiger partial charge in [0.15, 0.2) is 0 Å². The molecule has 0 spiro atoms. The van der Waals surface area contributed by atoms with E-state index in [-0.39, 0.29) is 10.8 Å². The minimum atomic E-state index is -0.139. The van der Waals surface area contributed by atoms with Crippen molar-refractivity contribution >= 4 is 60.8 Å². The summed E-state index contributed by atoms with van der Waals surface area (Å²) in [7, 11) is 0. The first-order valence-corrected chi connectivity index (χ1v) is 24.2. The third kappa shape index (κ3) is 5.68. The van der Waals surface area contributed by atoms with E-state index in [1.54, 1.807) is 0 Å². The molecule has 0 atom stereocenters. The SMILES string of the molecule is CC1(C)c2ccccc2-c2cc3c4cc(-c5ccc(N(c6ccc(-c7ccccc7)cc6)c6cccc7c6-c6ccccc6C7(C)C)cc5)c5oc6ccccc6c5c4n(-c4ccccc4)c3cc21. The van der Waals surface area contributed by atoms with E-state index in [0.717, 1.165) is 61.3 Å². The molecule has 0 N–H and O–H groups in total. The molecular weight excluding hydrogens is 837 g/mol. The Bertz CT molecular complexity index is 4040. The predicted molar refractivity (Wildman–Crippen MR) is 289 cm³/mol. The maximum absolute atomic E-state index is 7.04. The van der Waals surface area contributed by atoms with Gasteiger partial charge in [-0.1, -0.05) is 179 Å². The molecular formula is C66H48N2O. The smallest absolute Gasteiger partial charge is 0.145 e. The summed E-state index contributed by atoms with van der Waals surface area (Å²) in [4.78, 5) is 2.45. The first-order chi connectivity index (χ1) is 33.8. The molecule has 0 saturated carbocycles. The minimum Gasteiger partial charge on any atom is -0.455 e. The fourth-order valence-electron chi connectivity index (χ4n) is 12.2. The van der Waals surface area contributed by atoms with Crippen LogP contribution in [-0.4, -0.2) is 4.57 Å². The highest BCUT2D eigenvalue weighted by Crippen LogP contribution is 2.56. The normalized spacial score (nSPS) is 14.0. The molecule has 0 unspecified atom stereocenters. The van der Waals surface area contributed by atoms with Gasteiger partial charge < -0.3 is 13.9 Å². The van der Waals surface area contributed by atoms with Crippen LogP contribution in [0.3, 0.4) is 0 Å². The molecule has 10 aromatic carbocycles. The van der Waals surface area contributed by atoms with Crippen LogP contribution in [0.1, 0.15) is 49.9 Å². The predicted octanol–water partition coefficient (Wildman–Crippen LogP) is 18.1. The molecule has 69 heavy (non-hydrogen) atoms. The highest BCUT2D eigenvalue weighted by atomic mass is 16.3. The molecule has 3 heteroatoms. The van der Waals surface area contributed by atoms with Gasteiger partial charge in [0.1, 0.15) is 11.2 Å². The van der Waals surface area contributed by atoms with Crippen molar-refractivity contribution < 1.29 is 4.42 Å². The Morgan fingerprint density at radius 3 is 1.71 bits per heavy atom. The Kier molecular flexibility index (Phi) is 8.38. The van der Waals surface area contributed by atoms with Gasteiger partial charge in [0.2, 0.25) is 0 Å². The minimum absolute atomic E-state index is 0.130. The van der Waals surface area contributed by atoms with E-state index in [1.165, 1.54) is 71.9 Å². The second-order valence-corrected chi connectivity index (χ2v) is 20.0. The van der Waals surface area contributed by atoms with Crippen LogP contribution in [0.2, 0.25) is 0 Å². The van der Waals surface area contributed by atoms with Crippen molar-refractivity contribution in [2.75, 3.05) is 4.90 Å². The molecule has 3 nitrogen and oxygen atoms in total. The van der Waals surface area contributed by atoms with E-state index >= 15 is 0 Å². The second kappa shape index (κ2) is 14.6. The highest BCUT2D eigenvalue weighted by molar-refractivity contribution is 6.28. The fourth-order valence-corrected chi connectivity index (χ4v) is 12.2. The Morgan fingerprint density at radius 1 is 0.406 bits per heavy atom.